The second kappa shape index (κ2) is 9.25. The van der Waals surface area contributed by atoms with Gasteiger partial charge in [0.1, 0.15) is 5.82 Å². The maximum absolute atomic E-state index is 12.8. The molecule has 0 saturated carbocycles. The summed E-state index contributed by atoms with van der Waals surface area (Å²) >= 11 is 0. The molecular formula is C17H26FN3O2. The Hall–Kier alpha value is -1.95. The van der Waals surface area contributed by atoms with Gasteiger partial charge >= 0.3 is 0 Å². The molecule has 1 aromatic carbocycles. The Morgan fingerprint density at radius 2 is 1.87 bits per heavy atom. The number of amides is 2. The lowest BCUT2D eigenvalue weighted by atomic mass is 10.0. The first-order chi connectivity index (χ1) is 10.8. The van der Waals surface area contributed by atoms with E-state index in [0.29, 0.717) is 25.4 Å². The molecule has 0 heterocycles. The molecule has 2 amide bonds. The van der Waals surface area contributed by atoms with Crippen LogP contribution in [0.2, 0.25) is 0 Å². The summed E-state index contributed by atoms with van der Waals surface area (Å²) in [5.74, 6) is -0.471. The zero-order valence-electron chi connectivity index (χ0n) is 14.0. The van der Waals surface area contributed by atoms with Crippen molar-refractivity contribution in [1.82, 2.24) is 10.2 Å². The fourth-order valence-corrected chi connectivity index (χ4v) is 2.22. The van der Waals surface area contributed by atoms with Gasteiger partial charge in [0, 0.05) is 13.1 Å². The third kappa shape index (κ3) is 6.78. The summed E-state index contributed by atoms with van der Waals surface area (Å²) in [6.45, 7) is 6.50. The van der Waals surface area contributed by atoms with Crippen molar-refractivity contribution >= 4 is 11.8 Å². The lowest BCUT2D eigenvalue weighted by Crippen LogP contribution is -2.48. The number of halogens is 1. The van der Waals surface area contributed by atoms with Crippen LogP contribution in [-0.4, -0.2) is 35.8 Å². The normalized spacial score (nSPS) is 12.1. The summed E-state index contributed by atoms with van der Waals surface area (Å²) in [5, 5.41) is 2.72. The molecule has 3 N–H and O–H groups in total. The molecule has 0 bridgehead atoms. The van der Waals surface area contributed by atoms with Crippen LogP contribution in [0.3, 0.4) is 0 Å². The predicted molar refractivity (Wildman–Crippen MR) is 87.9 cm³/mol. The minimum Gasteiger partial charge on any atom is -0.350 e. The van der Waals surface area contributed by atoms with Gasteiger partial charge in [-0.2, -0.15) is 0 Å². The quantitative estimate of drug-likeness (QED) is 0.764. The summed E-state index contributed by atoms with van der Waals surface area (Å²) in [7, 11) is 0. The van der Waals surface area contributed by atoms with E-state index < -0.39 is 6.04 Å². The van der Waals surface area contributed by atoms with Gasteiger partial charge in [-0.1, -0.05) is 26.0 Å². The first kappa shape index (κ1) is 19.1. The number of nitrogens with one attached hydrogen (secondary N) is 1. The smallest absolute Gasteiger partial charge is 0.239 e. The number of hydrogen-bond donors (Lipinski definition) is 2. The fourth-order valence-electron chi connectivity index (χ4n) is 2.22. The molecule has 0 spiro atoms. The first-order valence-electron chi connectivity index (χ1n) is 7.89. The Bertz CT molecular complexity index is 517. The average Bonchev–Trinajstić information content (AvgIpc) is 2.50. The third-order valence-corrected chi connectivity index (χ3v) is 3.47. The molecule has 5 nitrogen and oxygen atoms in total. The second-order valence-electron chi connectivity index (χ2n) is 5.99. The van der Waals surface area contributed by atoms with Crippen LogP contribution in [-0.2, 0) is 16.1 Å². The van der Waals surface area contributed by atoms with Gasteiger partial charge in [0.15, 0.2) is 0 Å². The molecule has 1 aromatic rings. The van der Waals surface area contributed by atoms with Crippen LogP contribution in [0, 0.1) is 11.7 Å². The van der Waals surface area contributed by atoms with Crippen LogP contribution in [0.5, 0.6) is 0 Å². The minimum absolute atomic E-state index is 0.0255. The van der Waals surface area contributed by atoms with Crippen LogP contribution in [0.25, 0.3) is 0 Å². The van der Waals surface area contributed by atoms with E-state index in [1.807, 2.05) is 20.8 Å². The van der Waals surface area contributed by atoms with Crippen molar-refractivity contribution < 1.29 is 14.0 Å². The molecule has 0 saturated heterocycles. The topological polar surface area (TPSA) is 75.4 Å². The van der Waals surface area contributed by atoms with Crippen LogP contribution in [0.1, 0.15) is 32.8 Å². The number of nitrogens with zero attached hydrogens (tertiary/aromatic N) is 1. The molecule has 0 aliphatic rings. The van der Waals surface area contributed by atoms with E-state index in [1.54, 1.807) is 12.1 Å². The lowest BCUT2D eigenvalue weighted by molar-refractivity contribution is -0.137. The van der Waals surface area contributed by atoms with Crippen molar-refractivity contribution in [1.29, 1.82) is 0 Å². The molecule has 23 heavy (non-hydrogen) atoms. The van der Waals surface area contributed by atoms with Gasteiger partial charge in [-0.3, -0.25) is 9.59 Å². The van der Waals surface area contributed by atoms with E-state index in [1.165, 1.54) is 17.0 Å². The summed E-state index contributed by atoms with van der Waals surface area (Å²) in [6.07, 6.45) is 0.590. The van der Waals surface area contributed by atoms with Crippen molar-refractivity contribution in [2.45, 2.75) is 39.8 Å². The zero-order chi connectivity index (χ0) is 17.4. The van der Waals surface area contributed by atoms with Gasteiger partial charge in [-0.05, 0) is 37.0 Å². The molecule has 1 atom stereocenters. The molecule has 1 rings (SSSR count). The van der Waals surface area contributed by atoms with Crippen molar-refractivity contribution in [2.75, 3.05) is 13.1 Å². The Kier molecular flexibility index (Phi) is 7.68. The van der Waals surface area contributed by atoms with Crippen molar-refractivity contribution in [3.05, 3.63) is 35.6 Å². The number of nitrogens with two attached hydrogens (primary N) is 1. The van der Waals surface area contributed by atoms with E-state index in [-0.39, 0.29) is 24.2 Å². The number of hydrogen-bond acceptors (Lipinski definition) is 3. The SMILES string of the molecule is CCN(CC(=O)NCc1ccc(F)cc1)C(=O)[C@@H](N)CC(C)C. The van der Waals surface area contributed by atoms with Gasteiger partial charge in [-0.25, -0.2) is 4.39 Å². The highest BCUT2D eigenvalue weighted by Crippen LogP contribution is 2.06. The van der Waals surface area contributed by atoms with E-state index in [4.69, 9.17) is 5.73 Å². The first-order valence-corrected chi connectivity index (χ1v) is 7.89. The van der Waals surface area contributed by atoms with Crippen LogP contribution in [0.15, 0.2) is 24.3 Å². The maximum Gasteiger partial charge on any atom is 0.239 e. The van der Waals surface area contributed by atoms with Crippen molar-refractivity contribution in [2.24, 2.45) is 11.7 Å². The third-order valence-electron chi connectivity index (χ3n) is 3.47. The van der Waals surface area contributed by atoms with Gasteiger partial charge in [0.25, 0.3) is 0 Å². The highest BCUT2D eigenvalue weighted by atomic mass is 19.1. The van der Waals surface area contributed by atoms with Crippen LogP contribution < -0.4 is 11.1 Å². The van der Waals surface area contributed by atoms with Crippen LogP contribution in [0.4, 0.5) is 4.39 Å². The summed E-state index contributed by atoms with van der Waals surface area (Å²) in [6, 6.07) is 5.32. The minimum atomic E-state index is -0.583. The molecule has 0 aliphatic carbocycles. The summed E-state index contributed by atoms with van der Waals surface area (Å²) in [5.41, 5.74) is 6.69. The number of likely N-dealkylation sites (N-methyl/N-ethyl adjacent to an activating group) is 1. The molecule has 0 fully saturated rings. The number of carbonyl (C=O) groups excluding carboxylic acids is 2. The van der Waals surface area contributed by atoms with Crippen molar-refractivity contribution in [3.63, 3.8) is 0 Å². The monoisotopic (exact) mass is 323 g/mol. The van der Waals surface area contributed by atoms with E-state index >= 15 is 0 Å². The molecule has 6 heteroatoms. The molecule has 128 valence electrons. The Morgan fingerprint density at radius 1 is 1.26 bits per heavy atom. The van der Waals surface area contributed by atoms with E-state index in [2.05, 4.69) is 5.32 Å². The predicted octanol–water partition coefficient (Wildman–Crippen LogP) is 1.66. The van der Waals surface area contributed by atoms with Crippen molar-refractivity contribution in [3.8, 4) is 0 Å². The maximum atomic E-state index is 12.8. The molecule has 0 aromatic heterocycles. The molecule has 0 radical (unpaired) electrons. The van der Waals surface area contributed by atoms with E-state index in [0.717, 1.165) is 5.56 Å². The number of carbonyl (C=O) groups is 2. The highest BCUT2D eigenvalue weighted by Gasteiger charge is 2.22. The van der Waals surface area contributed by atoms with Gasteiger partial charge in [0.05, 0.1) is 12.6 Å². The highest BCUT2D eigenvalue weighted by molar-refractivity contribution is 5.87. The Morgan fingerprint density at radius 3 is 2.39 bits per heavy atom. The van der Waals surface area contributed by atoms with Gasteiger partial charge in [-0.15, -0.1) is 0 Å². The Balaban J connectivity index is 2.49. The largest absolute Gasteiger partial charge is 0.350 e. The lowest BCUT2D eigenvalue weighted by Gasteiger charge is -2.24. The fraction of sp³-hybridized carbons (Fsp3) is 0.529. The van der Waals surface area contributed by atoms with Gasteiger partial charge in [0.2, 0.25) is 11.8 Å². The molecule has 0 unspecified atom stereocenters. The second-order valence-corrected chi connectivity index (χ2v) is 5.99. The average molecular weight is 323 g/mol. The van der Waals surface area contributed by atoms with Crippen LogP contribution >= 0.6 is 0 Å². The van der Waals surface area contributed by atoms with Gasteiger partial charge < -0.3 is 16.0 Å². The zero-order valence-corrected chi connectivity index (χ0v) is 14.0. The summed E-state index contributed by atoms with van der Waals surface area (Å²) < 4.78 is 12.8. The number of rotatable bonds is 8. The standard InChI is InChI=1S/C17H26FN3O2/c1-4-21(17(23)15(19)9-12(2)3)11-16(22)20-10-13-5-7-14(18)8-6-13/h5-8,12,15H,4,9-11,19H2,1-3H3,(H,20,22)/t15-/m0/s1. The Labute approximate surface area is 137 Å². The van der Waals surface area contributed by atoms with E-state index in [9.17, 15) is 14.0 Å². The molecular weight excluding hydrogens is 297 g/mol. The number of benzene rings is 1. The molecule has 0 aliphatic heterocycles. The summed E-state index contributed by atoms with van der Waals surface area (Å²) in [4.78, 5) is 25.7.